The van der Waals surface area contributed by atoms with E-state index in [1.807, 2.05) is 54.6 Å². The van der Waals surface area contributed by atoms with Crippen LogP contribution in [0.2, 0.25) is 0 Å². The van der Waals surface area contributed by atoms with Crippen molar-refractivity contribution in [1.29, 1.82) is 0 Å². The molecule has 1 unspecified atom stereocenters. The molecule has 5 nitrogen and oxygen atoms in total. The monoisotopic (exact) mass is 296 g/mol. The maximum Gasteiger partial charge on any atom is 0.322 e. The molecule has 2 aromatic rings. The molecule has 1 aliphatic heterocycles. The normalized spacial score (nSPS) is 20.4. The van der Waals surface area contributed by atoms with Gasteiger partial charge in [-0.3, -0.25) is 10.1 Å². The number of nitrogens with one attached hydrogen (secondary N) is 2. The molecule has 1 heterocycles. The molecule has 0 spiro atoms. The van der Waals surface area contributed by atoms with Gasteiger partial charge in [-0.15, -0.1) is 0 Å². The zero-order valence-corrected chi connectivity index (χ0v) is 12.1. The number of amides is 3. The Hall–Kier alpha value is -2.82. The van der Waals surface area contributed by atoms with Gasteiger partial charge in [-0.25, -0.2) is 4.79 Å². The van der Waals surface area contributed by atoms with E-state index in [4.69, 9.17) is 4.74 Å². The first-order valence-electron chi connectivity index (χ1n) is 6.99. The Morgan fingerprint density at radius 3 is 2.18 bits per heavy atom. The zero-order chi connectivity index (χ0) is 15.6. The maximum absolute atomic E-state index is 11.7. The fraction of sp³-hybridized carbons (Fsp3) is 0.176. The highest BCUT2D eigenvalue weighted by Crippen LogP contribution is 2.23. The Balaban J connectivity index is 1.67. The lowest BCUT2D eigenvalue weighted by molar-refractivity contribution is -0.124. The van der Waals surface area contributed by atoms with Crippen LogP contribution in [0.1, 0.15) is 6.92 Å². The summed E-state index contributed by atoms with van der Waals surface area (Å²) in [6.07, 6.45) is 0. The summed E-state index contributed by atoms with van der Waals surface area (Å²) in [4.78, 5) is 22.9. The molecule has 112 valence electrons. The molecular formula is C17H16N2O3. The van der Waals surface area contributed by atoms with Crippen molar-refractivity contribution in [3.8, 4) is 16.9 Å². The number of ether oxygens (including phenoxy) is 1. The molecular weight excluding hydrogens is 280 g/mol. The summed E-state index contributed by atoms with van der Waals surface area (Å²) in [5.41, 5.74) is 1.18. The molecule has 22 heavy (non-hydrogen) atoms. The summed E-state index contributed by atoms with van der Waals surface area (Å²) in [5.74, 6) is 0.272. The molecule has 2 aromatic carbocycles. The summed E-state index contributed by atoms with van der Waals surface area (Å²) in [6.45, 7) is 1.71. The fourth-order valence-electron chi connectivity index (χ4n) is 2.28. The molecule has 2 N–H and O–H groups in total. The van der Waals surface area contributed by atoms with Crippen molar-refractivity contribution in [1.82, 2.24) is 10.6 Å². The van der Waals surface area contributed by atoms with Crippen molar-refractivity contribution in [2.45, 2.75) is 12.5 Å². The molecule has 3 amide bonds. The van der Waals surface area contributed by atoms with Crippen LogP contribution in [-0.2, 0) is 4.79 Å². The van der Waals surface area contributed by atoms with E-state index in [9.17, 15) is 9.59 Å². The van der Waals surface area contributed by atoms with Crippen LogP contribution >= 0.6 is 0 Å². The third-order valence-electron chi connectivity index (χ3n) is 3.61. The third kappa shape index (κ3) is 2.79. The van der Waals surface area contributed by atoms with Crippen molar-refractivity contribution in [2.24, 2.45) is 0 Å². The Labute approximate surface area is 128 Å². The molecule has 0 radical (unpaired) electrons. The molecule has 5 heteroatoms. The SMILES string of the molecule is CC1(COc2ccc(-c3ccccc3)cc2)NC(=O)NC1=O. The summed E-state index contributed by atoms with van der Waals surface area (Å²) < 4.78 is 5.63. The van der Waals surface area contributed by atoms with Crippen molar-refractivity contribution < 1.29 is 14.3 Å². The minimum Gasteiger partial charge on any atom is -0.491 e. The maximum atomic E-state index is 11.7. The number of urea groups is 1. The number of benzene rings is 2. The number of carbonyl (C=O) groups excluding carboxylic acids is 2. The molecule has 0 saturated carbocycles. The summed E-state index contributed by atoms with van der Waals surface area (Å²) >= 11 is 0. The predicted octanol–water partition coefficient (Wildman–Crippen LogP) is 2.33. The van der Waals surface area contributed by atoms with E-state index in [0.29, 0.717) is 5.75 Å². The first kappa shape index (κ1) is 14.1. The Kier molecular flexibility index (Phi) is 3.55. The smallest absolute Gasteiger partial charge is 0.322 e. The van der Waals surface area contributed by atoms with Gasteiger partial charge < -0.3 is 10.1 Å². The lowest BCUT2D eigenvalue weighted by atomic mass is 10.0. The standard InChI is InChI=1S/C17H16N2O3/c1-17(15(20)18-16(21)19-17)11-22-14-9-7-13(8-10-14)12-5-3-2-4-6-12/h2-10H,11H2,1H3,(H2,18,19,20,21). The number of hydrogen-bond acceptors (Lipinski definition) is 3. The van der Waals surface area contributed by atoms with Crippen molar-refractivity contribution in [3.63, 3.8) is 0 Å². The van der Waals surface area contributed by atoms with Crippen molar-refractivity contribution >= 4 is 11.9 Å². The van der Waals surface area contributed by atoms with Crippen LogP contribution in [-0.4, -0.2) is 24.1 Å². The largest absolute Gasteiger partial charge is 0.491 e. The molecule has 0 bridgehead atoms. The van der Waals surface area contributed by atoms with Crippen LogP contribution in [0.15, 0.2) is 54.6 Å². The average Bonchev–Trinajstić information content (AvgIpc) is 2.79. The van der Waals surface area contributed by atoms with Crippen LogP contribution < -0.4 is 15.4 Å². The molecule has 0 aromatic heterocycles. The van der Waals surface area contributed by atoms with Crippen molar-refractivity contribution in [2.75, 3.05) is 6.61 Å². The van der Waals surface area contributed by atoms with Gasteiger partial charge >= 0.3 is 6.03 Å². The van der Waals surface area contributed by atoms with E-state index in [1.165, 1.54) is 0 Å². The second-order valence-electron chi connectivity index (χ2n) is 5.42. The van der Waals surface area contributed by atoms with E-state index in [1.54, 1.807) is 6.92 Å². The van der Waals surface area contributed by atoms with Crippen LogP contribution in [0.5, 0.6) is 5.75 Å². The Morgan fingerprint density at radius 1 is 0.955 bits per heavy atom. The van der Waals surface area contributed by atoms with E-state index in [2.05, 4.69) is 10.6 Å². The summed E-state index contributed by atoms with van der Waals surface area (Å²) in [5, 5.41) is 4.77. The first-order chi connectivity index (χ1) is 10.6. The number of carbonyl (C=O) groups is 2. The van der Waals surface area contributed by atoms with Gasteiger partial charge in [0.15, 0.2) is 5.54 Å². The van der Waals surface area contributed by atoms with Gasteiger partial charge in [0.25, 0.3) is 5.91 Å². The summed E-state index contributed by atoms with van der Waals surface area (Å²) in [6, 6.07) is 17.1. The predicted molar refractivity (Wildman–Crippen MR) is 82.5 cm³/mol. The highest BCUT2D eigenvalue weighted by atomic mass is 16.5. The number of hydrogen-bond donors (Lipinski definition) is 2. The Morgan fingerprint density at radius 2 is 1.59 bits per heavy atom. The van der Waals surface area contributed by atoms with Gasteiger partial charge in [0.05, 0.1) is 0 Å². The second kappa shape index (κ2) is 5.52. The lowest BCUT2D eigenvalue weighted by Gasteiger charge is -2.20. The van der Waals surface area contributed by atoms with E-state index >= 15 is 0 Å². The van der Waals surface area contributed by atoms with Gasteiger partial charge in [0, 0.05) is 0 Å². The quantitative estimate of drug-likeness (QED) is 0.851. The van der Waals surface area contributed by atoms with E-state index in [0.717, 1.165) is 11.1 Å². The highest BCUT2D eigenvalue weighted by Gasteiger charge is 2.42. The molecule has 1 atom stereocenters. The fourth-order valence-corrected chi connectivity index (χ4v) is 2.28. The molecule has 3 rings (SSSR count). The van der Waals surface area contributed by atoms with Gasteiger partial charge in [-0.1, -0.05) is 42.5 Å². The first-order valence-corrected chi connectivity index (χ1v) is 6.99. The average molecular weight is 296 g/mol. The van der Waals surface area contributed by atoms with Crippen LogP contribution in [0.4, 0.5) is 4.79 Å². The van der Waals surface area contributed by atoms with Crippen LogP contribution in [0.3, 0.4) is 0 Å². The molecule has 1 aliphatic rings. The van der Waals surface area contributed by atoms with Gasteiger partial charge in [-0.2, -0.15) is 0 Å². The van der Waals surface area contributed by atoms with Crippen LogP contribution in [0.25, 0.3) is 11.1 Å². The second-order valence-corrected chi connectivity index (χ2v) is 5.42. The van der Waals surface area contributed by atoms with Gasteiger partial charge in [0.2, 0.25) is 0 Å². The topological polar surface area (TPSA) is 67.4 Å². The third-order valence-corrected chi connectivity index (χ3v) is 3.61. The van der Waals surface area contributed by atoms with E-state index in [-0.39, 0.29) is 12.5 Å². The van der Waals surface area contributed by atoms with E-state index < -0.39 is 11.6 Å². The number of rotatable bonds is 4. The lowest BCUT2D eigenvalue weighted by Crippen LogP contribution is -2.48. The summed E-state index contributed by atoms with van der Waals surface area (Å²) in [7, 11) is 0. The minimum absolute atomic E-state index is 0.0786. The molecule has 1 saturated heterocycles. The minimum atomic E-state index is -1.03. The number of imide groups is 1. The van der Waals surface area contributed by atoms with Crippen LogP contribution in [0, 0.1) is 0 Å². The molecule has 1 fully saturated rings. The highest BCUT2D eigenvalue weighted by molar-refractivity contribution is 6.06. The zero-order valence-electron chi connectivity index (χ0n) is 12.1. The molecule has 0 aliphatic carbocycles. The van der Waals surface area contributed by atoms with Gasteiger partial charge in [0.1, 0.15) is 12.4 Å². The van der Waals surface area contributed by atoms with Crippen molar-refractivity contribution in [3.05, 3.63) is 54.6 Å². The Bertz CT molecular complexity index is 698. The van der Waals surface area contributed by atoms with Gasteiger partial charge in [-0.05, 0) is 30.2 Å².